The van der Waals surface area contributed by atoms with E-state index < -0.39 is 0 Å². The standard InChI is InChI=1S/C21H21N3O2/c1-14(21-22-13-19(26-21)15-6-4-3-5-7-15)23-17-9-10-18-16(12-17)8-11-20(25)24(18)2/h3-7,9-10,12-14,23H,8,11H2,1-2H3/t14-/m1/s1. The van der Waals surface area contributed by atoms with Crippen LogP contribution in [0.3, 0.4) is 0 Å². The van der Waals surface area contributed by atoms with Gasteiger partial charge in [-0.15, -0.1) is 0 Å². The third kappa shape index (κ3) is 3.08. The normalized spacial score (nSPS) is 14.8. The van der Waals surface area contributed by atoms with E-state index in [2.05, 4.69) is 16.4 Å². The molecule has 0 unspecified atom stereocenters. The number of carbonyl (C=O) groups is 1. The van der Waals surface area contributed by atoms with Crippen molar-refractivity contribution < 1.29 is 9.21 Å². The summed E-state index contributed by atoms with van der Waals surface area (Å²) >= 11 is 0. The Bertz CT molecular complexity index is 933. The van der Waals surface area contributed by atoms with Crippen molar-refractivity contribution in [1.29, 1.82) is 0 Å². The molecule has 0 aliphatic carbocycles. The highest BCUT2D eigenvalue weighted by atomic mass is 16.4. The topological polar surface area (TPSA) is 58.4 Å². The number of benzene rings is 2. The highest BCUT2D eigenvalue weighted by Gasteiger charge is 2.21. The van der Waals surface area contributed by atoms with Gasteiger partial charge in [0.05, 0.1) is 6.20 Å². The van der Waals surface area contributed by atoms with Crippen LogP contribution in [0.5, 0.6) is 0 Å². The maximum Gasteiger partial charge on any atom is 0.227 e. The van der Waals surface area contributed by atoms with Crippen molar-refractivity contribution in [3.63, 3.8) is 0 Å². The molecule has 1 aromatic heterocycles. The Hall–Kier alpha value is -3.08. The number of aryl methyl sites for hydroxylation is 1. The van der Waals surface area contributed by atoms with Crippen LogP contribution in [0.15, 0.2) is 59.1 Å². The van der Waals surface area contributed by atoms with E-state index in [-0.39, 0.29) is 11.9 Å². The molecule has 0 radical (unpaired) electrons. The summed E-state index contributed by atoms with van der Waals surface area (Å²) in [5.74, 6) is 1.58. The number of nitrogens with zero attached hydrogens (tertiary/aromatic N) is 2. The van der Waals surface area contributed by atoms with Crippen molar-refractivity contribution in [1.82, 2.24) is 4.98 Å². The van der Waals surface area contributed by atoms with E-state index in [0.717, 1.165) is 29.1 Å². The van der Waals surface area contributed by atoms with Gasteiger partial charge < -0.3 is 14.6 Å². The van der Waals surface area contributed by atoms with Crippen LogP contribution in [0.4, 0.5) is 11.4 Å². The Kier molecular flexibility index (Phi) is 4.21. The minimum atomic E-state index is -0.0616. The second-order valence-corrected chi connectivity index (χ2v) is 6.59. The SMILES string of the molecule is C[C@@H](Nc1ccc2c(c1)CCC(=O)N2C)c1ncc(-c2ccccc2)o1. The monoisotopic (exact) mass is 347 g/mol. The first kappa shape index (κ1) is 16.4. The lowest BCUT2D eigenvalue weighted by Gasteiger charge is -2.26. The average Bonchev–Trinajstić information content (AvgIpc) is 3.16. The van der Waals surface area contributed by atoms with Gasteiger partial charge >= 0.3 is 0 Å². The summed E-state index contributed by atoms with van der Waals surface area (Å²) < 4.78 is 5.92. The van der Waals surface area contributed by atoms with Gasteiger partial charge in [0, 0.05) is 30.4 Å². The van der Waals surface area contributed by atoms with E-state index in [1.54, 1.807) is 11.1 Å². The lowest BCUT2D eigenvalue weighted by Crippen LogP contribution is -2.31. The number of fused-ring (bicyclic) bond motifs is 1. The molecule has 26 heavy (non-hydrogen) atoms. The first-order valence-corrected chi connectivity index (χ1v) is 8.79. The van der Waals surface area contributed by atoms with Crippen molar-refractivity contribution >= 4 is 17.3 Å². The van der Waals surface area contributed by atoms with Crippen LogP contribution < -0.4 is 10.2 Å². The molecule has 132 valence electrons. The number of hydrogen-bond donors (Lipinski definition) is 1. The van der Waals surface area contributed by atoms with E-state index in [9.17, 15) is 4.79 Å². The minimum absolute atomic E-state index is 0.0616. The average molecular weight is 347 g/mol. The van der Waals surface area contributed by atoms with Crippen molar-refractivity contribution in [3.8, 4) is 11.3 Å². The minimum Gasteiger partial charge on any atom is -0.438 e. The molecular formula is C21H21N3O2. The fourth-order valence-electron chi connectivity index (χ4n) is 3.28. The van der Waals surface area contributed by atoms with Crippen LogP contribution in [0.1, 0.15) is 30.8 Å². The van der Waals surface area contributed by atoms with Crippen LogP contribution in [0, 0.1) is 0 Å². The quantitative estimate of drug-likeness (QED) is 0.759. The third-order valence-electron chi connectivity index (χ3n) is 4.76. The molecule has 5 heteroatoms. The largest absolute Gasteiger partial charge is 0.438 e. The molecule has 1 N–H and O–H groups in total. The van der Waals surface area contributed by atoms with Gasteiger partial charge in [0.25, 0.3) is 0 Å². The lowest BCUT2D eigenvalue weighted by atomic mass is 10.0. The predicted octanol–water partition coefficient (Wildman–Crippen LogP) is 4.42. The molecule has 1 aliphatic rings. The smallest absolute Gasteiger partial charge is 0.227 e. The van der Waals surface area contributed by atoms with Crippen LogP contribution in [0.2, 0.25) is 0 Å². The van der Waals surface area contributed by atoms with Gasteiger partial charge in [-0.2, -0.15) is 0 Å². The zero-order chi connectivity index (χ0) is 18.1. The Balaban J connectivity index is 1.51. The molecule has 0 saturated heterocycles. The molecule has 1 amide bonds. The Morgan fingerprint density at radius 1 is 1.15 bits per heavy atom. The molecule has 0 spiro atoms. The molecule has 1 aliphatic heterocycles. The molecule has 5 nitrogen and oxygen atoms in total. The number of nitrogens with one attached hydrogen (secondary N) is 1. The number of anilines is 2. The van der Waals surface area contributed by atoms with Crippen molar-refractivity contribution in [2.24, 2.45) is 0 Å². The summed E-state index contributed by atoms with van der Waals surface area (Å²) in [6.45, 7) is 2.02. The van der Waals surface area contributed by atoms with Gasteiger partial charge in [-0.25, -0.2) is 4.98 Å². The summed E-state index contributed by atoms with van der Waals surface area (Å²) in [5.41, 5.74) is 4.18. The number of aromatic nitrogens is 1. The van der Waals surface area contributed by atoms with Gasteiger partial charge in [-0.3, -0.25) is 4.79 Å². The van der Waals surface area contributed by atoms with Gasteiger partial charge in [-0.05, 0) is 37.1 Å². The zero-order valence-corrected chi connectivity index (χ0v) is 14.9. The van der Waals surface area contributed by atoms with E-state index in [1.165, 1.54) is 5.56 Å². The summed E-state index contributed by atoms with van der Waals surface area (Å²) in [6, 6.07) is 16.0. The van der Waals surface area contributed by atoms with Gasteiger partial charge in [0.1, 0.15) is 6.04 Å². The van der Waals surface area contributed by atoms with E-state index in [0.29, 0.717) is 12.3 Å². The fraction of sp³-hybridized carbons (Fsp3) is 0.238. The summed E-state index contributed by atoms with van der Waals surface area (Å²) in [7, 11) is 1.83. The van der Waals surface area contributed by atoms with Gasteiger partial charge in [0.15, 0.2) is 5.76 Å². The van der Waals surface area contributed by atoms with E-state index in [4.69, 9.17) is 4.42 Å². The van der Waals surface area contributed by atoms with E-state index in [1.807, 2.05) is 56.4 Å². The van der Waals surface area contributed by atoms with E-state index >= 15 is 0 Å². The maximum absolute atomic E-state index is 11.8. The second-order valence-electron chi connectivity index (χ2n) is 6.59. The summed E-state index contributed by atoms with van der Waals surface area (Å²) in [5, 5.41) is 3.44. The van der Waals surface area contributed by atoms with Crippen molar-refractivity contribution in [2.75, 3.05) is 17.3 Å². The van der Waals surface area contributed by atoms with Crippen molar-refractivity contribution in [3.05, 3.63) is 66.2 Å². The van der Waals surface area contributed by atoms with Crippen LogP contribution in [-0.4, -0.2) is 17.9 Å². The Labute approximate surface area is 152 Å². The number of amides is 1. The highest BCUT2D eigenvalue weighted by molar-refractivity contribution is 5.96. The molecule has 1 atom stereocenters. The highest BCUT2D eigenvalue weighted by Crippen LogP contribution is 2.31. The number of rotatable bonds is 4. The second kappa shape index (κ2) is 6.67. The fourth-order valence-corrected chi connectivity index (χ4v) is 3.28. The number of carbonyl (C=O) groups excluding carboxylic acids is 1. The zero-order valence-electron chi connectivity index (χ0n) is 14.9. The number of hydrogen-bond acceptors (Lipinski definition) is 4. The first-order chi connectivity index (χ1) is 12.6. The number of oxazole rings is 1. The molecule has 2 heterocycles. The van der Waals surface area contributed by atoms with Crippen LogP contribution in [-0.2, 0) is 11.2 Å². The molecule has 0 fully saturated rings. The predicted molar refractivity (Wildman–Crippen MR) is 102 cm³/mol. The molecule has 0 bridgehead atoms. The molecule has 3 aromatic rings. The summed E-state index contributed by atoms with van der Waals surface area (Å²) in [6.07, 6.45) is 3.10. The molecule has 4 rings (SSSR count). The van der Waals surface area contributed by atoms with Crippen LogP contribution in [0.25, 0.3) is 11.3 Å². The maximum atomic E-state index is 11.8. The molecular weight excluding hydrogens is 326 g/mol. The molecule has 2 aromatic carbocycles. The van der Waals surface area contributed by atoms with Gasteiger partial charge in [0.2, 0.25) is 11.8 Å². The van der Waals surface area contributed by atoms with Crippen LogP contribution >= 0.6 is 0 Å². The first-order valence-electron chi connectivity index (χ1n) is 8.79. The Morgan fingerprint density at radius 2 is 1.96 bits per heavy atom. The molecule has 0 saturated carbocycles. The van der Waals surface area contributed by atoms with Crippen molar-refractivity contribution in [2.45, 2.75) is 25.8 Å². The Morgan fingerprint density at radius 3 is 2.77 bits per heavy atom. The summed E-state index contributed by atoms with van der Waals surface area (Å²) in [4.78, 5) is 18.0. The lowest BCUT2D eigenvalue weighted by molar-refractivity contribution is -0.118. The third-order valence-corrected chi connectivity index (χ3v) is 4.76. The van der Waals surface area contributed by atoms with Gasteiger partial charge in [-0.1, -0.05) is 30.3 Å².